The summed E-state index contributed by atoms with van der Waals surface area (Å²) in [4.78, 5) is 27.0. The highest BCUT2D eigenvalue weighted by molar-refractivity contribution is 6.30. The van der Waals surface area contributed by atoms with Crippen molar-refractivity contribution in [3.63, 3.8) is 0 Å². The van der Waals surface area contributed by atoms with Crippen molar-refractivity contribution < 1.29 is 18.0 Å². The third-order valence-corrected chi connectivity index (χ3v) is 5.80. The van der Waals surface area contributed by atoms with E-state index in [0.717, 1.165) is 11.8 Å². The molecule has 0 saturated carbocycles. The van der Waals surface area contributed by atoms with Crippen LogP contribution in [0.1, 0.15) is 37.1 Å². The monoisotopic (exact) mass is 440 g/mol. The predicted molar refractivity (Wildman–Crippen MR) is 106 cm³/mol. The van der Waals surface area contributed by atoms with Gasteiger partial charge in [0.05, 0.1) is 23.7 Å². The van der Waals surface area contributed by atoms with Gasteiger partial charge in [0.2, 0.25) is 5.91 Å². The minimum atomic E-state index is -2.66. The Bertz CT molecular complexity index is 977. The molecule has 0 spiro atoms. The standard InChI is InChI=1S/C19H20ClF3N6O/c1-19(18(30)27-9-14(22)23)3-2-4-29(19)17-13(21)8-26-16(28-17)12-7-25-15-11(12)5-10(20)6-24-15/h5-6,8,12,14H,2-4,7,9H2,1H3,(H,24,25)(H,27,30)/t12?,19-/m1/s1. The lowest BCUT2D eigenvalue weighted by Crippen LogP contribution is -2.55. The Morgan fingerprint density at radius 2 is 2.23 bits per heavy atom. The van der Waals surface area contributed by atoms with Gasteiger partial charge in [-0.2, -0.15) is 0 Å². The second-order valence-electron chi connectivity index (χ2n) is 7.55. The SMILES string of the molecule is C[C@]1(C(=O)NCC(F)F)CCCN1c1nc(C2CNc3ncc(Cl)cc32)ncc1F. The molecule has 1 fully saturated rings. The van der Waals surface area contributed by atoms with Gasteiger partial charge in [0.1, 0.15) is 17.2 Å². The van der Waals surface area contributed by atoms with Gasteiger partial charge >= 0.3 is 0 Å². The summed E-state index contributed by atoms with van der Waals surface area (Å²) in [6.45, 7) is 1.70. The van der Waals surface area contributed by atoms with Crippen molar-refractivity contribution in [3.8, 4) is 0 Å². The second-order valence-corrected chi connectivity index (χ2v) is 7.99. The molecule has 2 aliphatic heterocycles. The number of rotatable bonds is 5. The smallest absolute Gasteiger partial charge is 0.255 e. The number of alkyl halides is 2. The molecule has 1 amide bonds. The van der Waals surface area contributed by atoms with Crippen LogP contribution < -0.4 is 15.5 Å². The van der Waals surface area contributed by atoms with Crippen LogP contribution >= 0.6 is 11.6 Å². The maximum atomic E-state index is 14.7. The average Bonchev–Trinajstić information content (AvgIpc) is 3.30. The lowest BCUT2D eigenvalue weighted by Gasteiger charge is -2.35. The van der Waals surface area contributed by atoms with Crippen molar-refractivity contribution in [2.75, 3.05) is 29.9 Å². The molecule has 2 atom stereocenters. The van der Waals surface area contributed by atoms with Crippen LogP contribution in [0.5, 0.6) is 0 Å². The molecule has 2 aromatic rings. The van der Waals surface area contributed by atoms with Gasteiger partial charge in [-0.05, 0) is 25.8 Å². The molecule has 7 nitrogen and oxygen atoms in total. The zero-order chi connectivity index (χ0) is 21.5. The molecular formula is C19H20ClF3N6O. The van der Waals surface area contributed by atoms with E-state index in [4.69, 9.17) is 11.6 Å². The molecule has 0 radical (unpaired) electrons. The molecule has 4 heterocycles. The van der Waals surface area contributed by atoms with E-state index in [1.165, 1.54) is 11.1 Å². The number of fused-ring (bicyclic) bond motifs is 1. The Kier molecular flexibility index (Phi) is 5.44. The summed E-state index contributed by atoms with van der Waals surface area (Å²) in [7, 11) is 0. The third-order valence-electron chi connectivity index (χ3n) is 5.59. The summed E-state index contributed by atoms with van der Waals surface area (Å²) in [6.07, 6.45) is 0.938. The normalized spacial score (nSPS) is 22.9. The molecule has 0 aliphatic carbocycles. The first kappa shape index (κ1) is 20.6. The number of nitrogens with one attached hydrogen (secondary N) is 2. The number of hydrogen-bond donors (Lipinski definition) is 2. The molecule has 0 bridgehead atoms. The number of hydrogen-bond acceptors (Lipinski definition) is 6. The summed E-state index contributed by atoms with van der Waals surface area (Å²) in [5, 5.41) is 5.86. The first-order valence-corrected chi connectivity index (χ1v) is 9.93. The molecule has 1 saturated heterocycles. The zero-order valence-electron chi connectivity index (χ0n) is 16.1. The number of nitrogens with zero attached hydrogens (tertiary/aromatic N) is 4. The van der Waals surface area contributed by atoms with Crippen LogP contribution in [0.4, 0.5) is 24.8 Å². The van der Waals surface area contributed by atoms with E-state index in [2.05, 4.69) is 25.6 Å². The van der Waals surface area contributed by atoms with E-state index >= 15 is 0 Å². The largest absolute Gasteiger partial charge is 0.369 e. The topological polar surface area (TPSA) is 83.0 Å². The van der Waals surface area contributed by atoms with E-state index in [1.807, 2.05) is 0 Å². The van der Waals surface area contributed by atoms with Crippen LogP contribution in [-0.2, 0) is 4.79 Å². The maximum absolute atomic E-state index is 14.7. The van der Waals surface area contributed by atoms with Crippen LogP contribution in [-0.4, -0.2) is 52.5 Å². The Hall–Kier alpha value is -2.62. The molecule has 30 heavy (non-hydrogen) atoms. The number of carbonyl (C=O) groups excluding carboxylic acids is 1. The van der Waals surface area contributed by atoms with Gasteiger partial charge < -0.3 is 15.5 Å². The summed E-state index contributed by atoms with van der Waals surface area (Å²) in [6, 6.07) is 1.76. The number of aromatic nitrogens is 3. The van der Waals surface area contributed by atoms with Crippen LogP contribution in [0.15, 0.2) is 18.5 Å². The molecular weight excluding hydrogens is 421 g/mol. The highest BCUT2D eigenvalue weighted by atomic mass is 35.5. The highest BCUT2D eigenvalue weighted by Crippen LogP contribution is 2.38. The predicted octanol–water partition coefficient (Wildman–Crippen LogP) is 2.96. The lowest BCUT2D eigenvalue weighted by atomic mass is 9.97. The number of pyridine rings is 1. The van der Waals surface area contributed by atoms with Crippen molar-refractivity contribution in [2.45, 2.75) is 37.6 Å². The number of carbonyl (C=O) groups is 1. The first-order valence-electron chi connectivity index (χ1n) is 9.55. The molecule has 1 unspecified atom stereocenters. The Labute approximate surface area is 176 Å². The first-order chi connectivity index (χ1) is 14.3. The highest BCUT2D eigenvalue weighted by Gasteiger charge is 2.45. The minimum Gasteiger partial charge on any atom is -0.369 e. The van der Waals surface area contributed by atoms with Gasteiger partial charge in [0, 0.05) is 24.8 Å². The fourth-order valence-electron chi connectivity index (χ4n) is 4.03. The minimum absolute atomic E-state index is 0.0179. The molecule has 0 aromatic carbocycles. The fourth-order valence-corrected chi connectivity index (χ4v) is 4.20. The molecule has 160 valence electrons. The number of halogens is 4. The van der Waals surface area contributed by atoms with Crippen molar-refractivity contribution in [1.29, 1.82) is 0 Å². The lowest BCUT2D eigenvalue weighted by molar-refractivity contribution is -0.126. The Morgan fingerprint density at radius 3 is 3.00 bits per heavy atom. The van der Waals surface area contributed by atoms with E-state index in [0.29, 0.717) is 42.6 Å². The fraction of sp³-hybridized carbons (Fsp3) is 0.474. The van der Waals surface area contributed by atoms with Gasteiger partial charge in [0.15, 0.2) is 11.6 Å². The van der Waals surface area contributed by atoms with Crippen LogP contribution in [0.25, 0.3) is 0 Å². The van der Waals surface area contributed by atoms with E-state index in [9.17, 15) is 18.0 Å². The second kappa shape index (κ2) is 7.90. The van der Waals surface area contributed by atoms with Crippen molar-refractivity contribution in [1.82, 2.24) is 20.3 Å². The molecule has 4 rings (SSSR count). The number of anilines is 2. The summed E-state index contributed by atoms with van der Waals surface area (Å²) < 4.78 is 39.8. The number of amides is 1. The van der Waals surface area contributed by atoms with Gasteiger partial charge in [-0.15, -0.1) is 0 Å². The Balaban J connectivity index is 1.66. The Morgan fingerprint density at radius 1 is 1.43 bits per heavy atom. The van der Waals surface area contributed by atoms with Gasteiger partial charge in [-0.1, -0.05) is 11.6 Å². The van der Waals surface area contributed by atoms with Crippen LogP contribution in [0.3, 0.4) is 0 Å². The van der Waals surface area contributed by atoms with Gasteiger partial charge in [0.25, 0.3) is 6.43 Å². The summed E-state index contributed by atoms with van der Waals surface area (Å²) in [5.74, 6) is -0.532. The summed E-state index contributed by atoms with van der Waals surface area (Å²) in [5.41, 5.74) is -0.378. The maximum Gasteiger partial charge on any atom is 0.255 e. The third kappa shape index (κ3) is 3.64. The molecule has 11 heteroatoms. The van der Waals surface area contributed by atoms with E-state index in [-0.39, 0.29) is 11.7 Å². The van der Waals surface area contributed by atoms with E-state index in [1.54, 1.807) is 13.0 Å². The van der Waals surface area contributed by atoms with Crippen LogP contribution in [0.2, 0.25) is 5.02 Å². The van der Waals surface area contributed by atoms with Crippen molar-refractivity contribution in [2.24, 2.45) is 0 Å². The molecule has 2 aliphatic rings. The van der Waals surface area contributed by atoms with Crippen molar-refractivity contribution >= 4 is 29.1 Å². The van der Waals surface area contributed by atoms with E-state index < -0.39 is 30.2 Å². The van der Waals surface area contributed by atoms with Gasteiger partial charge in [-0.25, -0.2) is 28.1 Å². The molecule has 2 aromatic heterocycles. The average molecular weight is 441 g/mol. The summed E-state index contributed by atoms with van der Waals surface area (Å²) >= 11 is 6.06. The zero-order valence-corrected chi connectivity index (χ0v) is 16.9. The van der Waals surface area contributed by atoms with Crippen LogP contribution in [0, 0.1) is 5.82 Å². The van der Waals surface area contributed by atoms with Crippen molar-refractivity contribution in [3.05, 3.63) is 40.7 Å². The molecule has 2 N–H and O–H groups in total. The van der Waals surface area contributed by atoms with Gasteiger partial charge in [-0.3, -0.25) is 4.79 Å². The quantitative estimate of drug-likeness (QED) is 0.743.